The van der Waals surface area contributed by atoms with E-state index in [2.05, 4.69) is 4.98 Å². The molecule has 4 nitrogen and oxygen atoms in total. The van der Waals surface area contributed by atoms with E-state index in [0.29, 0.717) is 5.69 Å². The van der Waals surface area contributed by atoms with Crippen LogP contribution in [0.3, 0.4) is 0 Å². The van der Waals surface area contributed by atoms with Crippen molar-refractivity contribution in [1.29, 1.82) is 5.41 Å². The topological polar surface area (TPSA) is 67.7 Å². The highest BCUT2D eigenvalue weighted by Crippen LogP contribution is 2.07. The Morgan fingerprint density at radius 2 is 1.93 bits per heavy atom. The number of anilines is 1. The molecule has 70 valence electrons. The van der Waals surface area contributed by atoms with E-state index in [-0.39, 0.29) is 5.62 Å². The summed E-state index contributed by atoms with van der Waals surface area (Å²) in [5, 5.41) is 7.58. The Morgan fingerprint density at radius 3 is 2.57 bits per heavy atom. The Labute approximate surface area is 81.2 Å². The predicted octanol–water partition coefficient (Wildman–Crippen LogP) is 0.934. The molecule has 0 spiro atoms. The average Bonchev–Trinajstić information content (AvgIpc) is 2.20. The standard InChI is InChI=1S/C10H10N4/c11-8-2-4-9(5-3-8)14-7-1-6-13-10(14)12/h1-7,12H,11H2. The van der Waals surface area contributed by atoms with Gasteiger partial charge in [0, 0.05) is 23.8 Å². The zero-order valence-electron chi connectivity index (χ0n) is 7.51. The summed E-state index contributed by atoms with van der Waals surface area (Å²) in [6.45, 7) is 0. The molecular formula is C10H10N4. The smallest absolute Gasteiger partial charge is 0.226 e. The molecule has 2 rings (SSSR count). The van der Waals surface area contributed by atoms with E-state index in [4.69, 9.17) is 11.1 Å². The van der Waals surface area contributed by atoms with Crippen molar-refractivity contribution in [3.05, 3.63) is 48.3 Å². The third kappa shape index (κ3) is 1.50. The first-order valence-electron chi connectivity index (χ1n) is 4.21. The lowest BCUT2D eigenvalue weighted by atomic mass is 10.3. The molecule has 1 aromatic carbocycles. The van der Waals surface area contributed by atoms with Gasteiger partial charge in [-0.25, -0.2) is 4.98 Å². The molecule has 0 saturated carbocycles. The molecule has 0 aliphatic carbocycles. The van der Waals surface area contributed by atoms with E-state index in [1.54, 1.807) is 35.2 Å². The van der Waals surface area contributed by atoms with Crippen LogP contribution in [0.25, 0.3) is 5.69 Å². The highest BCUT2D eigenvalue weighted by atomic mass is 15.0. The zero-order chi connectivity index (χ0) is 9.97. The number of aromatic nitrogens is 2. The first-order chi connectivity index (χ1) is 6.77. The lowest BCUT2D eigenvalue weighted by Gasteiger charge is -2.05. The summed E-state index contributed by atoms with van der Waals surface area (Å²) < 4.78 is 1.68. The SMILES string of the molecule is N=c1ncccn1-c1ccc(N)cc1. The van der Waals surface area contributed by atoms with E-state index < -0.39 is 0 Å². The summed E-state index contributed by atoms with van der Waals surface area (Å²) in [6.07, 6.45) is 3.39. The molecular weight excluding hydrogens is 176 g/mol. The molecule has 3 N–H and O–H groups in total. The van der Waals surface area contributed by atoms with E-state index in [1.165, 1.54) is 0 Å². The summed E-state index contributed by atoms with van der Waals surface area (Å²) >= 11 is 0. The summed E-state index contributed by atoms with van der Waals surface area (Å²) in [7, 11) is 0. The number of nitrogen functional groups attached to an aromatic ring is 1. The number of nitrogens with one attached hydrogen (secondary N) is 1. The van der Waals surface area contributed by atoms with Crippen LogP contribution in [0, 0.1) is 5.41 Å². The average molecular weight is 186 g/mol. The van der Waals surface area contributed by atoms with Gasteiger partial charge in [0.15, 0.2) is 0 Å². The third-order valence-electron chi connectivity index (χ3n) is 1.92. The molecule has 4 heteroatoms. The predicted molar refractivity (Wildman–Crippen MR) is 53.8 cm³/mol. The summed E-state index contributed by atoms with van der Waals surface area (Å²) in [5.74, 6) is 0. The van der Waals surface area contributed by atoms with Crippen LogP contribution in [0.4, 0.5) is 5.69 Å². The van der Waals surface area contributed by atoms with Crippen molar-refractivity contribution in [3.63, 3.8) is 0 Å². The van der Waals surface area contributed by atoms with Crippen molar-refractivity contribution in [3.8, 4) is 5.69 Å². The number of nitrogens with zero attached hydrogens (tertiary/aromatic N) is 2. The Hall–Kier alpha value is -2.10. The largest absolute Gasteiger partial charge is 0.399 e. The van der Waals surface area contributed by atoms with Gasteiger partial charge in [-0.2, -0.15) is 0 Å². The normalized spacial score (nSPS) is 10.0. The molecule has 2 aromatic rings. The van der Waals surface area contributed by atoms with Crippen LogP contribution in [-0.2, 0) is 0 Å². The van der Waals surface area contributed by atoms with E-state index in [0.717, 1.165) is 5.69 Å². The van der Waals surface area contributed by atoms with Gasteiger partial charge in [-0.1, -0.05) is 0 Å². The minimum atomic E-state index is 0.206. The second-order valence-corrected chi connectivity index (χ2v) is 2.90. The van der Waals surface area contributed by atoms with E-state index >= 15 is 0 Å². The number of nitrogens with two attached hydrogens (primary N) is 1. The Balaban J connectivity index is 2.56. The van der Waals surface area contributed by atoms with Gasteiger partial charge >= 0.3 is 0 Å². The van der Waals surface area contributed by atoms with Gasteiger partial charge in [-0.3, -0.25) is 9.98 Å². The van der Waals surface area contributed by atoms with Crippen LogP contribution < -0.4 is 11.4 Å². The molecule has 0 aliphatic heterocycles. The fourth-order valence-electron chi connectivity index (χ4n) is 1.21. The van der Waals surface area contributed by atoms with Crippen LogP contribution in [-0.4, -0.2) is 9.55 Å². The fraction of sp³-hybridized carbons (Fsp3) is 0. The lowest BCUT2D eigenvalue weighted by molar-refractivity contribution is 0.847. The Kier molecular flexibility index (Phi) is 2.02. The van der Waals surface area contributed by atoms with Crippen LogP contribution >= 0.6 is 0 Å². The van der Waals surface area contributed by atoms with Crippen molar-refractivity contribution in [2.24, 2.45) is 0 Å². The molecule has 0 fully saturated rings. The van der Waals surface area contributed by atoms with Gasteiger partial charge in [-0.05, 0) is 30.3 Å². The highest BCUT2D eigenvalue weighted by Gasteiger charge is 1.95. The maximum Gasteiger partial charge on any atom is 0.226 e. The van der Waals surface area contributed by atoms with E-state index in [9.17, 15) is 0 Å². The molecule has 1 aromatic heterocycles. The van der Waals surface area contributed by atoms with Crippen molar-refractivity contribution < 1.29 is 0 Å². The molecule has 0 amide bonds. The van der Waals surface area contributed by atoms with Crippen LogP contribution in [0.15, 0.2) is 42.7 Å². The highest BCUT2D eigenvalue weighted by molar-refractivity contribution is 5.44. The molecule has 0 atom stereocenters. The number of hydrogen-bond acceptors (Lipinski definition) is 3. The third-order valence-corrected chi connectivity index (χ3v) is 1.92. The van der Waals surface area contributed by atoms with Gasteiger partial charge in [0.25, 0.3) is 0 Å². The molecule has 0 bridgehead atoms. The van der Waals surface area contributed by atoms with Crippen LogP contribution in [0.5, 0.6) is 0 Å². The Morgan fingerprint density at radius 1 is 1.21 bits per heavy atom. The second-order valence-electron chi connectivity index (χ2n) is 2.90. The Bertz CT molecular complexity index is 484. The number of hydrogen-bond donors (Lipinski definition) is 2. The summed E-state index contributed by atoms with van der Waals surface area (Å²) in [5.41, 5.74) is 7.38. The molecule has 0 radical (unpaired) electrons. The monoisotopic (exact) mass is 186 g/mol. The first kappa shape index (κ1) is 8.50. The number of benzene rings is 1. The first-order valence-corrected chi connectivity index (χ1v) is 4.21. The van der Waals surface area contributed by atoms with Gasteiger partial charge in [-0.15, -0.1) is 0 Å². The van der Waals surface area contributed by atoms with E-state index in [1.807, 2.05) is 12.1 Å². The maximum atomic E-state index is 7.58. The molecule has 1 heterocycles. The van der Waals surface area contributed by atoms with Crippen molar-refractivity contribution in [2.75, 3.05) is 5.73 Å². The van der Waals surface area contributed by atoms with Crippen molar-refractivity contribution in [2.45, 2.75) is 0 Å². The van der Waals surface area contributed by atoms with Gasteiger partial charge in [0.2, 0.25) is 5.62 Å². The summed E-state index contributed by atoms with van der Waals surface area (Å²) in [6, 6.07) is 9.10. The van der Waals surface area contributed by atoms with Gasteiger partial charge in [0.05, 0.1) is 0 Å². The van der Waals surface area contributed by atoms with Crippen molar-refractivity contribution in [1.82, 2.24) is 9.55 Å². The van der Waals surface area contributed by atoms with Gasteiger partial charge < -0.3 is 5.73 Å². The quantitative estimate of drug-likeness (QED) is 0.650. The molecule has 0 aliphatic rings. The summed E-state index contributed by atoms with van der Waals surface area (Å²) in [4.78, 5) is 3.88. The zero-order valence-corrected chi connectivity index (χ0v) is 7.51. The molecule has 0 saturated heterocycles. The lowest BCUT2D eigenvalue weighted by Crippen LogP contribution is -2.19. The fourth-order valence-corrected chi connectivity index (χ4v) is 1.21. The van der Waals surface area contributed by atoms with Crippen LogP contribution in [0.2, 0.25) is 0 Å². The molecule has 0 unspecified atom stereocenters. The molecule has 14 heavy (non-hydrogen) atoms. The minimum absolute atomic E-state index is 0.206. The number of rotatable bonds is 1. The van der Waals surface area contributed by atoms with Gasteiger partial charge in [0.1, 0.15) is 0 Å². The maximum absolute atomic E-state index is 7.58. The van der Waals surface area contributed by atoms with Crippen molar-refractivity contribution >= 4 is 5.69 Å². The van der Waals surface area contributed by atoms with Crippen LogP contribution in [0.1, 0.15) is 0 Å². The second kappa shape index (κ2) is 3.33. The minimum Gasteiger partial charge on any atom is -0.399 e.